The number of anilines is 1. The van der Waals surface area contributed by atoms with Crippen LogP contribution in [0.1, 0.15) is 6.42 Å². The quantitative estimate of drug-likeness (QED) is 0.635. The average Bonchev–Trinajstić information content (AvgIpc) is 3.04. The summed E-state index contributed by atoms with van der Waals surface area (Å²) in [7, 11) is 0. The van der Waals surface area contributed by atoms with Crippen LogP contribution in [0.2, 0.25) is 0 Å². The van der Waals surface area contributed by atoms with Gasteiger partial charge >= 0.3 is 5.97 Å². The molecule has 6 nitrogen and oxygen atoms in total. The van der Waals surface area contributed by atoms with E-state index in [1.54, 1.807) is 47.4 Å². The van der Waals surface area contributed by atoms with Gasteiger partial charge in [0.15, 0.2) is 11.5 Å². The number of benzene rings is 2. The first-order valence-corrected chi connectivity index (χ1v) is 8.17. The maximum absolute atomic E-state index is 12.4. The molecule has 0 N–H and O–H groups in total. The zero-order valence-electron chi connectivity index (χ0n) is 13.5. The summed E-state index contributed by atoms with van der Waals surface area (Å²) in [5, 5.41) is 0. The monoisotopic (exact) mass is 339 g/mol. The number of nitrogens with zero attached hydrogens (tertiary/aromatic N) is 1. The Labute approximate surface area is 144 Å². The lowest BCUT2D eigenvalue weighted by molar-refractivity contribution is -0.139. The molecule has 0 radical (unpaired) electrons. The van der Waals surface area contributed by atoms with Crippen LogP contribution in [0.25, 0.3) is 0 Å². The molecular formula is C19H17NO5. The molecule has 0 aromatic heterocycles. The summed E-state index contributed by atoms with van der Waals surface area (Å²) in [4.78, 5) is 26.3. The largest absolute Gasteiger partial charge is 0.486 e. The van der Waals surface area contributed by atoms with E-state index in [0.717, 1.165) is 0 Å². The van der Waals surface area contributed by atoms with Crippen LogP contribution in [0.5, 0.6) is 17.2 Å². The van der Waals surface area contributed by atoms with Crippen LogP contribution in [0.15, 0.2) is 48.5 Å². The molecular weight excluding hydrogens is 322 g/mol. The number of carbonyl (C=O) groups is 2. The molecule has 4 rings (SSSR count). The number of esters is 1. The molecule has 2 aliphatic heterocycles. The van der Waals surface area contributed by atoms with Crippen molar-refractivity contribution in [2.24, 2.45) is 5.92 Å². The van der Waals surface area contributed by atoms with Crippen molar-refractivity contribution in [1.82, 2.24) is 0 Å². The van der Waals surface area contributed by atoms with E-state index in [4.69, 9.17) is 14.2 Å². The van der Waals surface area contributed by atoms with E-state index >= 15 is 0 Å². The summed E-state index contributed by atoms with van der Waals surface area (Å²) in [6, 6.07) is 14.2. The van der Waals surface area contributed by atoms with E-state index in [1.807, 2.05) is 6.07 Å². The number of rotatable bonds is 3. The van der Waals surface area contributed by atoms with Crippen LogP contribution in [0.3, 0.4) is 0 Å². The van der Waals surface area contributed by atoms with Crippen molar-refractivity contribution in [2.45, 2.75) is 6.42 Å². The van der Waals surface area contributed by atoms with Crippen LogP contribution >= 0.6 is 0 Å². The van der Waals surface area contributed by atoms with Gasteiger partial charge in [0.25, 0.3) is 0 Å². The second kappa shape index (κ2) is 6.47. The lowest BCUT2D eigenvalue weighted by Crippen LogP contribution is -2.27. The molecule has 0 bridgehead atoms. The van der Waals surface area contributed by atoms with Crippen LogP contribution in [-0.2, 0) is 9.59 Å². The Hall–Kier alpha value is -3.02. The van der Waals surface area contributed by atoms with Crippen molar-refractivity contribution >= 4 is 17.6 Å². The molecule has 1 amide bonds. The Bertz CT molecular complexity index is 805. The minimum atomic E-state index is -0.485. The summed E-state index contributed by atoms with van der Waals surface area (Å²) in [6.45, 7) is 1.29. The number of fused-ring (bicyclic) bond motifs is 1. The third kappa shape index (κ3) is 3.15. The number of amides is 1. The standard InChI is InChI=1S/C19H17NO5/c21-18-10-13(19(22)25-15-4-2-1-3-5-15)12-20(18)14-6-7-16-17(11-14)24-9-8-23-16/h1-7,11,13H,8-10,12H2/t13-/m0/s1. The van der Waals surface area contributed by atoms with Crippen LogP contribution in [0.4, 0.5) is 5.69 Å². The predicted octanol–water partition coefficient (Wildman–Crippen LogP) is 2.42. The van der Waals surface area contributed by atoms with E-state index in [1.165, 1.54) is 0 Å². The second-order valence-electron chi connectivity index (χ2n) is 5.97. The zero-order chi connectivity index (χ0) is 17.2. The number of ether oxygens (including phenoxy) is 3. The van der Waals surface area contributed by atoms with E-state index in [9.17, 15) is 9.59 Å². The highest BCUT2D eigenvalue weighted by molar-refractivity contribution is 6.00. The Balaban J connectivity index is 1.48. The number of para-hydroxylation sites is 1. The van der Waals surface area contributed by atoms with Gasteiger partial charge in [0.1, 0.15) is 19.0 Å². The molecule has 2 aromatic rings. The molecule has 0 aliphatic carbocycles. The maximum Gasteiger partial charge on any atom is 0.316 e. The van der Waals surface area contributed by atoms with Gasteiger partial charge in [0.2, 0.25) is 5.91 Å². The van der Waals surface area contributed by atoms with Crippen molar-refractivity contribution in [2.75, 3.05) is 24.7 Å². The van der Waals surface area contributed by atoms with Crippen molar-refractivity contribution in [3.05, 3.63) is 48.5 Å². The van der Waals surface area contributed by atoms with Crippen molar-refractivity contribution in [3.63, 3.8) is 0 Å². The smallest absolute Gasteiger partial charge is 0.316 e. The summed E-state index contributed by atoms with van der Waals surface area (Å²) in [5.74, 6) is 0.790. The third-order valence-corrected chi connectivity index (χ3v) is 4.26. The molecule has 0 spiro atoms. The highest BCUT2D eigenvalue weighted by Gasteiger charge is 2.36. The van der Waals surface area contributed by atoms with Gasteiger partial charge in [-0.05, 0) is 24.3 Å². The van der Waals surface area contributed by atoms with Gasteiger partial charge in [-0.1, -0.05) is 18.2 Å². The molecule has 1 saturated heterocycles. The Morgan fingerprint density at radius 2 is 1.80 bits per heavy atom. The Morgan fingerprint density at radius 1 is 1.04 bits per heavy atom. The van der Waals surface area contributed by atoms with Gasteiger partial charge in [-0.3, -0.25) is 9.59 Å². The predicted molar refractivity (Wildman–Crippen MR) is 90.0 cm³/mol. The van der Waals surface area contributed by atoms with E-state index in [-0.39, 0.29) is 18.3 Å². The fraction of sp³-hybridized carbons (Fsp3) is 0.263. The first-order chi connectivity index (χ1) is 12.2. The number of hydrogen-bond donors (Lipinski definition) is 0. The summed E-state index contributed by atoms with van der Waals surface area (Å²) in [6.07, 6.45) is 0.139. The van der Waals surface area contributed by atoms with Gasteiger partial charge in [-0.25, -0.2) is 0 Å². The van der Waals surface area contributed by atoms with Crippen LogP contribution in [-0.4, -0.2) is 31.6 Å². The number of carbonyl (C=O) groups excluding carboxylic acids is 2. The van der Waals surface area contributed by atoms with E-state index in [0.29, 0.717) is 42.7 Å². The van der Waals surface area contributed by atoms with Gasteiger partial charge in [0.05, 0.1) is 5.92 Å². The van der Waals surface area contributed by atoms with Crippen molar-refractivity contribution < 1.29 is 23.8 Å². The molecule has 6 heteroatoms. The molecule has 2 heterocycles. The Kier molecular flexibility index (Phi) is 4.01. The minimum absolute atomic E-state index is 0.105. The lowest BCUT2D eigenvalue weighted by Gasteiger charge is -2.22. The SMILES string of the molecule is O=C(Oc1ccccc1)[C@H]1CC(=O)N(c2ccc3c(c2)OCCO3)C1. The summed E-state index contributed by atoms with van der Waals surface area (Å²) in [5.41, 5.74) is 0.698. The summed E-state index contributed by atoms with van der Waals surface area (Å²) >= 11 is 0. The van der Waals surface area contributed by atoms with Gasteiger partial charge in [-0.15, -0.1) is 0 Å². The van der Waals surface area contributed by atoms with Crippen LogP contribution < -0.4 is 19.1 Å². The highest BCUT2D eigenvalue weighted by Crippen LogP contribution is 2.36. The lowest BCUT2D eigenvalue weighted by atomic mass is 10.1. The molecule has 0 unspecified atom stereocenters. The third-order valence-electron chi connectivity index (χ3n) is 4.26. The van der Waals surface area contributed by atoms with Crippen LogP contribution in [0, 0.1) is 5.92 Å². The topological polar surface area (TPSA) is 65.1 Å². The minimum Gasteiger partial charge on any atom is -0.486 e. The Morgan fingerprint density at radius 3 is 2.60 bits per heavy atom. The number of hydrogen-bond acceptors (Lipinski definition) is 5. The normalized spacial score (nSPS) is 19.0. The van der Waals surface area contributed by atoms with E-state index in [2.05, 4.69) is 0 Å². The molecule has 1 atom stereocenters. The molecule has 0 saturated carbocycles. The zero-order valence-corrected chi connectivity index (χ0v) is 13.5. The molecule has 25 heavy (non-hydrogen) atoms. The second-order valence-corrected chi connectivity index (χ2v) is 5.97. The highest BCUT2D eigenvalue weighted by atomic mass is 16.6. The molecule has 2 aliphatic rings. The average molecular weight is 339 g/mol. The fourth-order valence-electron chi connectivity index (χ4n) is 3.00. The maximum atomic E-state index is 12.4. The summed E-state index contributed by atoms with van der Waals surface area (Å²) < 4.78 is 16.4. The van der Waals surface area contributed by atoms with Crippen molar-refractivity contribution in [3.8, 4) is 17.2 Å². The molecule has 1 fully saturated rings. The van der Waals surface area contributed by atoms with Gasteiger partial charge < -0.3 is 19.1 Å². The van der Waals surface area contributed by atoms with Gasteiger partial charge in [-0.2, -0.15) is 0 Å². The van der Waals surface area contributed by atoms with E-state index < -0.39 is 5.92 Å². The molecule has 128 valence electrons. The first kappa shape index (κ1) is 15.5. The fourth-order valence-corrected chi connectivity index (χ4v) is 3.00. The van der Waals surface area contributed by atoms with Gasteiger partial charge in [0, 0.05) is 24.7 Å². The van der Waals surface area contributed by atoms with Crippen molar-refractivity contribution in [1.29, 1.82) is 0 Å². The molecule has 2 aromatic carbocycles. The first-order valence-electron chi connectivity index (χ1n) is 8.17.